The average Bonchev–Trinajstić information content (AvgIpc) is 2.83. The lowest BCUT2D eigenvalue weighted by atomic mass is 10.0. The minimum absolute atomic E-state index is 0.112. The fourth-order valence-electron chi connectivity index (χ4n) is 1.94. The molecule has 2 aromatic rings. The number of benzene rings is 1. The van der Waals surface area contributed by atoms with Crippen molar-refractivity contribution in [2.45, 2.75) is 19.8 Å². The summed E-state index contributed by atoms with van der Waals surface area (Å²) in [6.07, 6.45) is 1.32. The van der Waals surface area contributed by atoms with Crippen LogP contribution >= 0.6 is 15.9 Å². The van der Waals surface area contributed by atoms with Crippen molar-refractivity contribution in [3.05, 3.63) is 34.0 Å². The third-order valence-corrected chi connectivity index (χ3v) is 3.57. The Kier molecular flexibility index (Phi) is 4.44. The largest absolute Gasteiger partial charge is 0.497 e. The van der Waals surface area contributed by atoms with E-state index < -0.39 is 5.97 Å². The Morgan fingerprint density at radius 3 is 2.85 bits per heavy atom. The molecule has 0 aliphatic carbocycles. The number of halogens is 1. The number of ether oxygens (including phenoxy) is 1. The Bertz CT molecular complexity index is 636. The predicted octanol–water partition coefficient (Wildman–Crippen LogP) is 3.76. The molecule has 1 aromatic carbocycles. The number of nitrogens with zero attached hydrogens (tertiary/aromatic N) is 1. The summed E-state index contributed by atoms with van der Waals surface area (Å²) in [4.78, 5) is 11.5. The summed E-state index contributed by atoms with van der Waals surface area (Å²) in [5, 5.41) is 13.3. The van der Waals surface area contributed by atoms with Gasteiger partial charge in [0.1, 0.15) is 17.0 Å². The summed E-state index contributed by atoms with van der Waals surface area (Å²) in [6, 6.07) is 5.29. The number of methoxy groups -OCH3 is 1. The van der Waals surface area contributed by atoms with Crippen molar-refractivity contribution in [3.63, 3.8) is 0 Å². The average molecular weight is 340 g/mol. The van der Waals surface area contributed by atoms with Crippen LogP contribution < -0.4 is 4.74 Å². The molecule has 0 spiro atoms. The van der Waals surface area contributed by atoms with Crippen molar-refractivity contribution in [1.82, 2.24) is 5.16 Å². The van der Waals surface area contributed by atoms with Crippen LogP contribution in [0.3, 0.4) is 0 Å². The zero-order valence-electron chi connectivity index (χ0n) is 11.1. The number of aromatic carboxylic acids is 1. The number of aromatic nitrogens is 1. The van der Waals surface area contributed by atoms with Crippen LogP contribution in [0.2, 0.25) is 0 Å². The van der Waals surface area contributed by atoms with Crippen LogP contribution in [0.5, 0.6) is 5.75 Å². The van der Waals surface area contributed by atoms with Crippen LogP contribution in [-0.2, 0) is 6.42 Å². The Balaban J connectivity index is 2.60. The van der Waals surface area contributed by atoms with Gasteiger partial charge in [0.05, 0.1) is 7.11 Å². The maximum absolute atomic E-state index is 11.5. The second-order valence-corrected chi connectivity index (χ2v) is 5.08. The summed E-state index contributed by atoms with van der Waals surface area (Å²) in [5.74, 6) is -0.0243. The van der Waals surface area contributed by atoms with E-state index in [1.54, 1.807) is 25.3 Å². The molecule has 5 nitrogen and oxygen atoms in total. The van der Waals surface area contributed by atoms with Crippen LogP contribution in [0.25, 0.3) is 11.3 Å². The number of aryl methyl sites for hydroxylation is 1. The third-order valence-electron chi connectivity index (χ3n) is 2.88. The maximum atomic E-state index is 11.5. The van der Waals surface area contributed by atoms with Crippen molar-refractivity contribution in [1.29, 1.82) is 0 Å². The van der Waals surface area contributed by atoms with Gasteiger partial charge in [-0.15, -0.1) is 0 Å². The van der Waals surface area contributed by atoms with E-state index in [2.05, 4.69) is 21.1 Å². The standard InChI is InChI=1S/C14H14BrNO4/c1-3-4-11-12(14(17)18)13(16-20-11)9-7-8(19-2)5-6-10(9)15/h5-7H,3-4H2,1-2H3,(H,17,18). The number of carboxylic acid groups (broad SMARTS) is 1. The van der Waals surface area contributed by atoms with Gasteiger partial charge in [-0.2, -0.15) is 0 Å². The van der Waals surface area contributed by atoms with E-state index in [1.165, 1.54) is 0 Å². The minimum Gasteiger partial charge on any atom is -0.497 e. The summed E-state index contributed by atoms with van der Waals surface area (Å²) in [6.45, 7) is 1.95. The highest BCUT2D eigenvalue weighted by molar-refractivity contribution is 9.10. The molecular weight excluding hydrogens is 326 g/mol. The first-order valence-corrected chi connectivity index (χ1v) is 6.93. The van der Waals surface area contributed by atoms with Crippen LogP contribution in [0.1, 0.15) is 29.5 Å². The van der Waals surface area contributed by atoms with E-state index in [0.717, 1.165) is 10.9 Å². The summed E-state index contributed by atoms with van der Waals surface area (Å²) < 4.78 is 11.1. The number of carboxylic acids is 1. The molecule has 1 heterocycles. The van der Waals surface area contributed by atoms with E-state index >= 15 is 0 Å². The van der Waals surface area contributed by atoms with E-state index in [-0.39, 0.29) is 5.56 Å². The topological polar surface area (TPSA) is 72.6 Å². The summed E-state index contributed by atoms with van der Waals surface area (Å²) >= 11 is 3.40. The molecule has 1 aromatic heterocycles. The number of carbonyl (C=O) groups is 1. The second-order valence-electron chi connectivity index (χ2n) is 4.23. The quantitative estimate of drug-likeness (QED) is 0.897. The van der Waals surface area contributed by atoms with Gasteiger partial charge in [-0.05, 0) is 24.6 Å². The lowest BCUT2D eigenvalue weighted by Crippen LogP contribution is -2.01. The molecule has 0 atom stereocenters. The Morgan fingerprint density at radius 2 is 2.25 bits per heavy atom. The van der Waals surface area contributed by atoms with E-state index in [4.69, 9.17) is 9.26 Å². The van der Waals surface area contributed by atoms with Gasteiger partial charge in [-0.25, -0.2) is 4.79 Å². The first-order valence-electron chi connectivity index (χ1n) is 6.14. The van der Waals surface area contributed by atoms with E-state index in [0.29, 0.717) is 29.2 Å². The van der Waals surface area contributed by atoms with Gasteiger partial charge in [-0.1, -0.05) is 28.0 Å². The van der Waals surface area contributed by atoms with Crippen molar-refractivity contribution in [3.8, 4) is 17.0 Å². The minimum atomic E-state index is -1.04. The van der Waals surface area contributed by atoms with Crippen molar-refractivity contribution in [2.24, 2.45) is 0 Å². The molecule has 20 heavy (non-hydrogen) atoms. The molecular formula is C14H14BrNO4. The van der Waals surface area contributed by atoms with Gasteiger partial charge < -0.3 is 14.4 Å². The van der Waals surface area contributed by atoms with Gasteiger partial charge >= 0.3 is 5.97 Å². The number of hydrogen-bond donors (Lipinski definition) is 1. The molecule has 0 amide bonds. The lowest BCUT2D eigenvalue weighted by Gasteiger charge is -2.05. The van der Waals surface area contributed by atoms with Crippen molar-refractivity contribution in [2.75, 3.05) is 7.11 Å². The molecule has 0 radical (unpaired) electrons. The van der Waals surface area contributed by atoms with Gasteiger partial charge in [0.15, 0.2) is 5.76 Å². The second kappa shape index (κ2) is 6.09. The van der Waals surface area contributed by atoms with Crippen LogP contribution in [0, 0.1) is 0 Å². The monoisotopic (exact) mass is 339 g/mol. The van der Waals surface area contributed by atoms with E-state index in [9.17, 15) is 9.90 Å². The molecule has 2 rings (SSSR count). The van der Waals surface area contributed by atoms with Gasteiger partial charge in [0.2, 0.25) is 0 Å². The highest BCUT2D eigenvalue weighted by Gasteiger charge is 2.24. The highest BCUT2D eigenvalue weighted by Crippen LogP contribution is 2.34. The lowest BCUT2D eigenvalue weighted by molar-refractivity contribution is 0.0695. The van der Waals surface area contributed by atoms with Crippen LogP contribution in [-0.4, -0.2) is 23.3 Å². The normalized spacial score (nSPS) is 10.6. The SMILES string of the molecule is CCCc1onc(-c2cc(OC)ccc2Br)c1C(=O)O. The number of hydrogen-bond acceptors (Lipinski definition) is 4. The van der Waals surface area contributed by atoms with Gasteiger partial charge in [-0.3, -0.25) is 0 Å². The van der Waals surface area contributed by atoms with Crippen LogP contribution in [0.15, 0.2) is 27.2 Å². The highest BCUT2D eigenvalue weighted by atomic mass is 79.9. The molecule has 0 saturated carbocycles. The first-order chi connectivity index (χ1) is 9.58. The van der Waals surface area contributed by atoms with Crippen molar-refractivity contribution < 1.29 is 19.2 Å². The van der Waals surface area contributed by atoms with Crippen LogP contribution in [0.4, 0.5) is 0 Å². The fraction of sp³-hybridized carbons (Fsp3) is 0.286. The Morgan fingerprint density at radius 1 is 1.50 bits per heavy atom. The molecule has 0 aliphatic rings. The zero-order valence-corrected chi connectivity index (χ0v) is 12.7. The molecule has 6 heteroatoms. The molecule has 0 aliphatic heterocycles. The predicted molar refractivity (Wildman–Crippen MR) is 77.1 cm³/mol. The van der Waals surface area contributed by atoms with Gasteiger partial charge in [0, 0.05) is 16.5 Å². The Labute approximate surface area is 124 Å². The molecule has 0 saturated heterocycles. The maximum Gasteiger partial charge on any atom is 0.341 e. The molecule has 0 fully saturated rings. The Hall–Kier alpha value is -1.82. The molecule has 1 N–H and O–H groups in total. The summed E-state index contributed by atoms with van der Waals surface area (Å²) in [5.41, 5.74) is 1.06. The molecule has 106 valence electrons. The van der Waals surface area contributed by atoms with E-state index in [1.807, 2.05) is 6.92 Å². The number of rotatable bonds is 5. The third kappa shape index (κ3) is 2.70. The van der Waals surface area contributed by atoms with Gasteiger partial charge in [0.25, 0.3) is 0 Å². The molecule has 0 bridgehead atoms. The first kappa shape index (κ1) is 14.6. The summed E-state index contributed by atoms with van der Waals surface area (Å²) in [7, 11) is 1.55. The van der Waals surface area contributed by atoms with Crippen molar-refractivity contribution >= 4 is 21.9 Å². The zero-order chi connectivity index (χ0) is 14.7. The smallest absolute Gasteiger partial charge is 0.341 e. The molecule has 0 unspecified atom stereocenters. The fourth-order valence-corrected chi connectivity index (χ4v) is 2.37.